The lowest BCUT2D eigenvalue weighted by atomic mass is 10.2. The molecule has 0 fully saturated rings. The predicted octanol–water partition coefficient (Wildman–Crippen LogP) is 2.91. The summed E-state index contributed by atoms with van der Waals surface area (Å²) in [5.41, 5.74) is 2.29. The monoisotopic (exact) mass is 269 g/mol. The van der Waals surface area contributed by atoms with Crippen molar-refractivity contribution in [2.45, 2.75) is 26.1 Å². The maximum Gasteiger partial charge on any atom is 0.131 e. The van der Waals surface area contributed by atoms with Gasteiger partial charge in [0.1, 0.15) is 5.82 Å². The lowest BCUT2D eigenvalue weighted by Crippen LogP contribution is -2.33. The molecule has 1 aromatic rings. The van der Waals surface area contributed by atoms with Crippen LogP contribution >= 0.6 is 11.6 Å². The number of alkyl halides is 1. The molecule has 0 atom stereocenters. The highest BCUT2D eigenvalue weighted by Gasteiger charge is 2.10. The van der Waals surface area contributed by atoms with Gasteiger partial charge in [0.15, 0.2) is 0 Å². The lowest BCUT2D eigenvalue weighted by Gasteiger charge is -2.26. The van der Waals surface area contributed by atoms with Gasteiger partial charge in [0, 0.05) is 31.7 Å². The van der Waals surface area contributed by atoms with E-state index in [1.54, 1.807) is 0 Å². The Kier molecular flexibility index (Phi) is 6.44. The van der Waals surface area contributed by atoms with Crippen molar-refractivity contribution in [3.8, 4) is 0 Å². The molecule has 0 saturated heterocycles. The van der Waals surface area contributed by atoms with Crippen LogP contribution in [0.25, 0.3) is 0 Å². The maximum atomic E-state index is 5.83. The molecule has 0 aliphatic rings. The summed E-state index contributed by atoms with van der Waals surface area (Å²) in [6.45, 7) is 7.40. The summed E-state index contributed by atoms with van der Waals surface area (Å²) in [6, 6.07) is 2.13. The van der Waals surface area contributed by atoms with Crippen molar-refractivity contribution in [3.05, 3.63) is 23.4 Å². The minimum absolute atomic E-state index is 0.527. The van der Waals surface area contributed by atoms with Gasteiger partial charge in [0.2, 0.25) is 0 Å². The maximum absolute atomic E-state index is 5.83. The zero-order chi connectivity index (χ0) is 13.5. The van der Waals surface area contributed by atoms with Crippen molar-refractivity contribution in [1.82, 2.24) is 9.88 Å². The quantitative estimate of drug-likeness (QED) is 0.710. The van der Waals surface area contributed by atoms with Crippen molar-refractivity contribution in [1.29, 1.82) is 0 Å². The Morgan fingerprint density at radius 1 is 1.22 bits per heavy atom. The standard InChI is InChI=1S/C14H24ClN3/c1-5-6-18(8-7-17(3)4)14-12(2)9-13(10-15)11-16-14/h9,11H,5-8,10H2,1-4H3. The number of aryl methyl sites for hydroxylation is 1. The third-order valence-corrected chi connectivity index (χ3v) is 3.18. The molecule has 1 rings (SSSR count). The van der Waals surface area contributed by atoms with Crippen LogP contribution in [0.4, 0.5) is 5.82 Å². The Labute approximate surface area is 116 Å². The highest BCUT2D eigenvalue weighted by Crippen LogP contribution is 2.19. The number of rotatable bonds is 7. The predicted molar refractivity (Wildman–Crippen MR) is 79.6 cm³/mol. The first-order chi connectivity index (χ1) is 8.58. The first-order valence-electron chi connectivity index (χ1n) is 6.49. The molecule has 0 spiro atoms. The largest absolute Gasteiger partial charge is 0.355 e. The van der Waals surface area contributed by atoms with E-state index in [1.807, 2.05) is 6.20 Å². The van der Waals surface area contributed by atoms with Gasteiger partial charge in [-0.15, -0.1) is 11.6 Å². The van der Waals surface area contributed by atoms with Crippen LogP contribution in [-0.4, -0.2) is 43.6 Å². The Morgan fingerprint density at radius 3 is 2.44 bits per heavy atom. The number of nitrogens with zero attached hydrogens (tertiary/aromatic N) is 3. The van der Waals surface area contributed by atoms with E-state index in [0.717, 1.165) is 37.4 Å². The molecule has 0 saturated carbocycles. The van der Waals surface area contributed by atoms with Gasteiger partial charge in [-0.25, -0.2) is 4.98 Å². The minimum Gasteiger partial charge on any atom is -0.355 e. The highest BCUT2D eigenvalue weighted by atomic mass is 35.5. The normalized spacial score (nSPS) is 11.0. The summed E-state index contributed by atoms with van der Waals surface area (Å²) in [6.07, 6.45) is 3.01. The Bertz CT molecular complexity index is 366. The van der Waals surface area contributed by atoms with Gasteiger partial charge in [-0.2, -0.15) is 0 Å². The SMILES string of the molecule is CCCN(CCN(C)C)c1ncc(CCl)cc1C. The summed E-state index contributed by atoms with van der Waals surface area (Å²) in [7, 11) is 4.20. The minimum atomic E-state index is 0.527. The van der Waals surface area contributed by atoms with E-state index in [4.69, 9.17) is 11.6 Å². The number of anilines is 1. The van der Waals surface area contributed by atoms with E-state index < -0.39 is 0 Å². The molecule has 0 radical (unpaired) electrons. The fourth-order valence-electron chi connectivity index (χ4n) is 1.94. The summed E-state index contributed by atoms with van der Waals surface area (Å²) in [4.78, 5) is 9.12. The number of likely N-dealkylation sites (N-methyl/N-ethyl adjacent to an activating group) is 1. The van der Waals surface area contributed by atoms with E-state index in [-0.39, 0.29) is 0 Å². The molecule has 1 heterocycles. The van der Waals surface area contributed by atoms with Crippen molar-refractivity contribution in [2.75, 3.05) is 38.6 Å². The van der Waals surface area contributed by atoms with Crippen molar-refractivity contribution in [3.63, 3.8) is 0 Å². The number of hydrogen-bond donors (Lipinski definition) is 0. The van der Waals surface area contributed by atoms with Crippen LogP contribution in [-0.2, 0) is 5.88 Å². The number of pyridine rings is 1. The molecule has 0 N–H and O–H groups in total. The summed E-state index contributed by atoms with van der Waals surface area (Å²) in [5.74, 6) is 1.62. The molecule has 0 aliphatic heterocycles. The fourth-order valence-corrected chi connectivity index (χ4v) is 2.09. The van der Waals surface area contributed by atoms with Crippen molar-refractivity contribution < 1.29 is 0 Å². The third-order valence-electron chi connectivity index (χ3n) is 2.87. The van der Waals surface area contributed by atoms with Gasteiger partial charge < -0.3 is 9.80 Å². The number of halogens is 1. The molecule has 4 heteroatoms. The molecule has 1 aromatic heterocycles. The van der Waals surface area contributed by atoms with Gasteiger partial charge in [-0.1, -0.05) is 6.92 Å². The van der Waals surface area contributed by atoms with E-state index in [1.165, 1.54) is 5.56 Å². The number of aromatic nitrogens is 1. The Morgan fingerprint density at radius 2 is 1.94 bits per heavy atom. The second-order valence-electron chi connectivity index (χ2n) is 4.91. The fraction of sp³-hybridized carbons (Fsp3) is 0.643. The topological polar surface area (TPSA) is 19.4 Å². The van der Waals surface area contributed by atoms with E-state index in [2.05, 4.69) is 48.8 Å². The molecular weight excluding hydrogens is 246 g/mol. The van der Waals surface area contributed by atoms with Crippen molar-refractivity contribution in [2.24, 2.45) is 0 Å². The first-order valence-corrected chi connectivity index (χ1v) is 7.03. The smallest absolute Gasteiger partial charge is 0.131 e. The molecule has 0 aliphatic carbocycles. The van der Waals surface area contributed by atoms with E-state index in [0.29, 0.717) is 5.88 Å². The van der Waals surface area contributed by atoms with E-state index >= 15 is 0 Å². The van der Waals surface area contributed by atoms with Crippen molar-refractivity contribution >= 4 is 17.4 Å². The molecule has 0 unspecified atom stereocenters. The molecule has 0 bridgehead atoms. The van der Waals surface area contributed by atoms with Crippen LogP contribution in [0.2, 0.25) is 0 Å². The van der Waals surface area contributed by atoms with Crippen LogP contribution in [0.5, 0.6) is 0 Å². The third kappa shape index (κ3) is 4.46. The highest BCUT2D eigenvalue weighted by molar-refractivity contribution is 6.17. The number of hydrogen-bond acceptors (Lipinski definition) is 3. The van der Waals surface area contributed by atoms with Crippen LogP contribution in [0.1, 0.15) is 24.5 Å². The Balaban J connectivity index is 2.84. The first kappa shape index (κ1) is 15.3. The van der Waals surface area contributed by atoms with Crippen LogP contribution < -0.4 is 4.90 Å². The van der Waals surface area contributed by atoms with Gasteiger partial charge in [-0.05, 0) is 44.6 Å². The van der Waals surface area contributed by atoms with Crippen LogP contribution in [0.3, 0.4) is 0 Å². The van der Waals surface area contributed by atoms with Gasteiger partial charge in [0.25, 0.3) is 0 Å². The van der Waals surface area contributed by atoms with Gasteiger partial charge >= 0.3 is 0 Å². The Hall–Kier alpha value is -0.800. The summed E-state index contributed by atoms with van der Waals surface area (Å²) >= 11 is 5.83. The van der Waals surface area contributed by atoms with Gasteiger partial charge in [-0.3, -0.25) is 0 Å². The molecular formula is C14H24ClN3. The summed E-state index contributed by atoms with van der Waals surface area (Å²) in [5, 5.41) is 0. The van der Waals surface area contributed by atoms with Crippen LogP contribution in [0.15, 0.2) is 12.3 Å². The van der Waals surface area contributed by atoms with E-state index in [9.17, 15) is 0 Å². The zero-order valence-electron chi connectivity index (χ0n) is 11.9. The molecule has 18 heavy (non-hydrogen) atoms. The molecule has 0 amide bonds. The zero-order valence-corrected chi connectivity index (χ0v) is 12.7. The van der Waals surface area contributed by atoms with Gasteiger partial charge in [0.05, 0.1) is 0 Å². The lowest BCUT2D eigenvalue weighted by molar-refractivity contribution is 0.412. The molecule has 0 aromatic carbocycles. The molecule has 102 valence electrons. The molecule has 3 nitrogen and oxygen atoms in total. The average molecular weight is 270 g/mol. The van der Waals surface area contributed by atoms with Crippen LogP contribution in [0, 0.1) is 6.92 Å². The summed E-state index contributed by atoms with van der Waals surface area (Å²) < 4.78 is 0. The second-order valence-corrected chi connectivity index (χ2v) is 5.18. The average Bonchev–Trinajstić information content (AvgIpc) is 2.34. The second kappa shape index (κ2) is 7.59.